The van der Waals surface area contributed by atoms with E-state index < -0.39 is 0 Å². The molecule has 2 aromatic rings. The van der Waals surface area contributed by atoms with Gasteiger partial charge in [-0.25, -0.2) is 4.98 Å². The number of likely N-dealkylation sites (N-methyl/N-ethyl adjacent to an activating group) is 1. The summed E-state index contributed by atoms with van der Waals surface area (Å²) >= 11 is 0. The molecule has 0 aliphatic heterocycles. The Morgan fingerprint density at radius 3 is 2.75 bits per heavy atom. The number of pyridine rings is 1. The van der Waals surface area contributed by atoms with Crippen molar-refractivity contribution >= 4 is 11.5 Å². The second-order valence-electron chi connectivity index (χ2n) is 4.81. The number of aliphatic hydroxyl groups is 1. The molecule has 0 saturated heterocycles. The number of nitrogens with one attached hydrogen (secondary N) is 1. The molecule has 0 amide bonds. The average Bonchev–Trinajstić information content (AvgIpc) is 2.75. The lowest BCUT2D eigenvalue weighted by atomic mass is 10.2. The van der Waals surface area contributed by atoms with Crippen molar-refractivity contribution in [3.05, 3.63) is 35.8 Å². The Labute approximate surface area is 119 Å². The molecule has 2 rings (SSSR count). The van der Waals surface area contributed by atoms with E-state index in [1.807, 2.05) is 48.9 Å². The molecular formula is C14H21N5O. The maximum absolute atomic E-state index is 8.91. The summed E-state index contributed by atoms with van der Waals surface area (Å²) in [6.07, 6.45) is 3.81. The lowest BCUT2D eigenvalue weighted by molar-refractivity contribution is 0.304. The van der Waals surface area contributed by atoms with Crippen molar-refractivity contribution in [3.63, 3.8) is 0 Å². The first-order valence-corrected chi connectivity index (χ1v) is 6.61. The molecule has 0 fully saturated rings. The van der Waals surface area contributed by atoms with Gasteiger partial charge >= 0.3 is 0 Å². The summed E-state index contributed by atoms with van der Waals surface area (Å²) in [5, 5.41) is 16.5. The van der Waals surface area contributed by atoms with Crippen LogP contribution in [-0.2, 0) is 13.6 Å². The van der Waals surface area contributed by atoms with Gasteiger partial charge in [-0.05, 0) is 19.1 Å². The Bertz CT molecular complexity index is 549. The minimum atomic E-state index is 0.136. The number of hydrogen-bond acceptors (Lipinski definition) is 5. The molecule has 2 N–H and O–H groups in total. The third kappa shape index (κ3) is 3.48. The van der Waals surface area contributed by atoms with Gasteiger partial charge in [-0.15, -0.1) is 0 Å². The highest BCUT2D eigenvalue weighted by atomic mass is 16.3. The van der Waals surface area contributed by atoms with Crippen LogP contribution in [0.3, 0.4) is 0 Å². The molecule has 108 valence electrons. The van der Waals surface area contributed by atoms with Gasteiger partial charge in [-0.3, -0.25) is 4.68 Å². The molecule has 0 saturated carbocycles. The van der Waals surface area contributed by atoms with Crippen LogP contribution in [0, 0.1) is 6.92 Å². The predicted molar refractivity (Wildman–Crippen MR) is 79.9 cm³/mol. The number of aromatic nitrogens is 3. The van der Waals surface area contributed by atoms with Crippen LogP contribution in [0.1, 0.15) is 11.3 Å². The summed E-state index contributed by atoms with van der Waals surface area (Å²) in [7, 11) is 3.85. The third-order valence-electron chi connectivity index (χ3n) is 3.20. The number of nitrogens with zero attached hydrogens (tertiary/aromatic N) is 4. The van der Waals surface area contributed by atoms with Crippen molar-refractivity contribution in [2.24, 2.45) is 7.05 Å². The molecule has 0 aromatic carbocycles. The van der Waals surface area contributed by atoms with Crippen molar-refractivity contribution in [2.45, 2.75) is 13.5 Å². The topological polar surface area (TPSA) is 66.2 Å². The van der Waals surface area contributed by atoms with E-state index in [-0.39, 0.29) is 6.61 Å². The van der Waals surface area contributed by atoms with Crippen LogP contribution in [0.25, 0.3) is 0 Å². The fourth-order valence-electron chi connectivity index (χ4n) is 2.00. The second-order valence-corrected chi connectivity index (χ2v) is 4.81. The normalized spacial score (nSPS) is 10.6. The Balaban J connectivity index is 1.95. The highest BCUT2D eigenvalue weighted by Crippen LogP contribution is 2.14. The van der Waals surface area contributed by atoms with Gasteiger partial charge in [0.25, 0.3) is 0 Å². The Hall–Kier alpha value is -2.08. The molecule has 2 aromatic heterocycles. The van der Waals surface area contributed by atoms with Gasteiger partial charge in [0.05, 0.1) is 24.2 Å². The van der Waals surface area contributed by atoms with Crippen LogP contribution in [0.15, 0.2) is 24.5 Å². The van der Waals surface area contributed by atoms with E-state index in [2.05, 4.69) is 15.4 Å². The number of anilines is 2. The standard InChI is InChI=1S/C14H21N5O/c1-11-12(10-19(3)17-11)8-15-14-5-4-13(9-16-14)18(2)6-7-20/h4-5,9-10,20H,6-8H2,1-3H3,(H,15,16). The number of hydrogen-bond donors (Lipinski definition) is 2. The fourth-order valence-corrected chi connectivity index (χ4v) is 2.00. The quantitative estimate of drug-likeness (QED) is 0.828. The molecule has 0 atom stereocenters. The van der Waals surface area contributed by atoms with Crippen LogP contribution >= 0.6 is 0 Å². The van der Waals surface area contributed by atoms with Gasteiger partial charge in [-0.2, -0.15) is 5.10 Å². The smallest absolute Gasteiger partial charge is 0.126 e. The van der Waals surface area contributed by atoms with Crippen LogP contribution < -0.4 is 10.2 Å². The van der Waals surface area contributed by atoms with Gasteiger partial charge in [-0.1, -0.05) is 0 Å². The molecule has 0 radical (unpaired) electrons. The van der Waals surface area contributed by atoms with Crippen molar-refractivity contribution in [1.29, 1.82) is 0 Å². The lowest BCUT2D eigenvalue weighted by Crippen LogP contribution is -2.21. The van der Waals surface area contributed by atoms with Gasteiger partial charge in [0, 0.05) is 38.9 Å². The van der Waals surface area contributed by atoms with E-state index >= 15 is 0 Å². The third-order valence-corrected chi connectivity index (χ3v) is 3.20. The molecule has 6 nitrogen and oxygen atoms in total. The minimum absolute atomic E-state index is 0.136. The maximum atomic E-state index is 8.91. The SMILES string of the molecule is Cc1nn(C)cc1CNc1ccc(N(C)CCO)cn1. The van der Waals surface area contributed by atoms with E-state index in [0.717, 1.165) is 22.8 Å². The van der Waals surface area contributed by atoms with Crippen molar-refractivity contribution in [1.82, 2.24) is 14.8 Å². The molecule has 0 bridgehead atoms. The zero-order valence-corrected chi connectivity index (χ0v) is 12.2. The van der Waals surface area contributed by atoms with E-state index in [0.29, 0.717) is 13.1 Å². The summed E-state index contributed by atoms with van der Waals surface area (Å²) in [6, 6.07) is 3.93. The van der Waals surface area contributed by atoms with Crippen molar-refractivity contribution in [2.75, 3.05) is 30.4 Å². The largest absolute Gasteiger partial charge is 0.395 e. The highest BCUT2D eigenvalue weighted by molar-refractivity contribution is 5.49. The van der Waals surface area contributed by atoms with Crippen LogP contribution in [0.5, 0.6) is 0 Å². The second kappa shape index (κ2) is 6.38. The van der Waals surface area contributed by atoms with Crippen molar-refractivity contribution in [3.8, 4) is 0 Å². The number of aryl methyl sites for hydroxylation is 2. The van der Waals surface area contributed by atoms with E-state index in [4.69, 9.17) is 5.11 Å². The molecule has 0 unspecified atom stereocenters. The number of rotatable bonds is 6. The van der Waals surface area contributed by atoms with Crippen LogP contribution in [0.2, 0.25) is 0 Å². The molecule has 20 heavy (non-hydrogen) atoms. The summed E-state index contributed by atoms with van der Waals surface area (Å²) in [5.41, 5.74) is 3.18. The summed E-state index contributed by atoms with van der Waals surface area (Å²) < 4.78 is 1.81. The van der Waals surface area contributed by atoms with E-state index in [9.17, 15) is 0 Å². The zero-order valence-electron chi connectivity index (χ0n) is 12.2. The van der Waals surface area contributed by atoms with Gasteiger partial charge < -0.3 is 15.3 Å². The van der Waals surface area contributed by atoms with E-state index in [1.165, 1.54) is 0 Å². The van der Waals surface area contributed by atoms with Crippen molar-refractivity contribution < 1.29 is 5.11 Å². The zero-order chi connectivity index (χ0) is 14.5. The minimum Gasteiger partial charge on any atom is -0.395 e. The first kappa shape index (κ1) is 14.3. The summed E-state index contributed by atoms with van der Waals surface area (Å²) in [5.74, 6) is 0.828. The van der Waals surface area contributed by atoms with Gasteiger partial charge in [0.1, 0.15) is 5.82 Å². The monoisotopic (exact) mass is 275 g/mol. The molecule has 0 aliphatic rings. The summed E-state index contributed by atoms with van der Waals surface area (Å²) in [4.78, 5) is 6.33. The Morgan fingerprint density at radius 2 is 2.20 bits per heavy atom. The lowest BCUT2D eigenvalue weighted by Gasteiger charge is -2.17. The Morgan fingerprint density at radius 1 is 1.40 bits per heavy atom. The molecule has 0 aliphatic carbocycles. The number of aliphatic hydroxyl groups excluding tert-OH is 1. The maximum Gasteiger partial charge on any atom is 0.126 e. The molecular weight excluding hydrogens is 254 g/mol. The van der Waals surface area contributed by atoms with Crippen LogP contribution in [-0.4, -0.2) is 40.1 Å². The average molecular weight is 275 g/mol. The highest BCUT2D eigenvalue weighted by Gasteiger charge is 2.04. The first-order valence-electron chi connectivity index (χ1n) is 6.61. The molecule has 6 heteroatoms. The summed E-state index contributed by atoms with van der Waals surface area (Å²) in [6.45, 7) is 3.44. The molecule has 2 heterocycles. The van der Waals surface area contributed by atoms with Gasteiger partial charge in [0.15, 0.2) is 0 Å². The molecule has 0 spiro atoms. The van der Waals surface area contributed by atoms with Gasteiger partial charge in [0.2, 0.25) is 0 Å². The fraction of sp³-hybridized carbons (Fsp3) is 0.429. The Kier molecular flexibility index (Phi) is 4.57. The first-order chi connectivity index (χ1) is 9.60. The van der Waals surface area contributed by atoms with Crippen LogP contribution in [0.4, 0.5) is 11.5 Å². The van der Waals surface area contributed by atoms with E-state index in [1.54, 1.807) is 6.20 Å². The predicted octanol–water partition coefficient (Wildman–Crippen LogP) is 1.16.